The molecule has 4 nitrogen and oxygen atoms in total. The smallest absolute Gasteiger partial charge is 0.185 e. The molecular weight excluding hydrogens is 236 g/mol. The minimum absolute atomic E-state index is 0.0909. The number of hydrogen-bond donors (Lipinski definition) is 0. The van der Waals surface area contributed by atoms with Crippen molar-refractivity contribution < 1.29 is 9.53 Å². The van der Waals surface area contributed by atoms with E-state index in [2.05, 4.69) is 9.88 Å². The van der Waals surface area contributed by atoms with Gasteiger partial charge in [0, 0.05) is 33.7 Å². The molecular formula is C12H18N2O2S. The first-order valence-corrected chi connectivity index (χ1v) is 6.74. The Morgan fingerprint density at radius 3 is 2.88 bits per heavy atom. The number of carbonyl (C=O) groups is 1. The van der Waals surface area contributed by atoms with Gasteiger partial charge in [0.1, 0.15) is 0 Å². The molecule has 5 heteroatoms. The quantitative estimate of drug-likeness (QED) is 0.773. The highest BCUT2D eigenvalue weighted by Crippen LogP contribution is 2.24. The zero-order valence-corrected chi connectivity index (χ0v) is 11.1. The lowest BCUT2D eigenvalue weighted by molar-refractivity contribution is 0.0685. The van der Waals surface area contributed by atoms with E-state index in [1.807, 2.05) is 7.05 Å². The lowest BCUT2D eigenvalue weighted by Gasteiger charge is -2.26. The third kappa shape index (κ3) is 3.26. The topological polar surface area (TPSA) is 42.4 Å². The van der Waals surface area contributed by atoms with Crippen LogP contribution in [0.1, 0.15) is 29.4 Å². The van der Waals surface area contributed by atoms with Crippen molar-refractivity contribution in [3.8, 4) is 0 Å². The Morgan fingerprint density at radius 2 is 2.29 bits per heavy atom. The molecule has 0 N–H and O–H groups in total. The largest absolute Gasteiger partial charge is 0.381 e. The Kier molecular flexibility index (Phi) is 4.12. The van der Waals surface area contributed by atoms with Gasteiger partial charge in [-0.15, -0.1) is 0 Å². The molecule has 2 heterocycles. The molecule has 0 unspecified atom stereocenters. The molecule has 1 aromatic heterocycles. The number of Topliss-reactive ketones (excluding diaryl/α,β-unsaturated/α-hetero) is 1. The molecule has 0 amide bonds. The van der Waals surface area contributed by atoms with Crippen LogP contribution in [-0.2, 0) is 4.74 Å². The number of rotatable bonds is 4. The van der Waals surface area contributed by atoms with Crippen LogP contribution < -0.4 is 4.90 Å². The second-order valence-electron chi connectivity index (χ2n) is 4.50. The molecule has 0 aliphatic carbocycles. The van der Waals surface area contributed by atoms with Crippen LogP contribution in [0.25, 0.3) is 0 Å². The number of nitrogens with zero attached hydrogens (tertiary/aromatic N) is 2. The van der Waals surface area contributed by atoms with Crippen LogP contribution in [-0.4, -0.2) is 37.6 Å². The molecule has 94 valence electrons. The van der Waals surface area contributed by atoms with E-state index in [-0.39, 0.29) is 5.78 Å². The summed E-state index contributed by atoms with van der Waals surface area (Å²) < 4.78 is 5.35. The van der Waals surface area contributed by atoms with E-state index in [1.165, 1.54) is 11.3 Å². The number of thiazole rings is 1. The van der Waals surface area contributed by atoms with Crippen LogP contribution in [0.15, 0.2) is 6.20 Å². The van der Waals surface area contributed by atoms with Gasteiger partial charge in [-0.1, -0.05) is 11.3 Å². The average molecular weight is 254 g/mol. The summed E-state index contributed by atoms with van der Waals surface area (Å²) in [5.41, 5.74) is 0. The molecule has 1 aliphatic heterocycles. The summed E-state index contributed by atoms with van der Waals surface area (Å²) in [5, 5.41) is 0.932. The Morgan fingerprint density at radius 1 is 1.59 bits per heavy atom. The first kappa shape index (κ1) is 12.5. The van der Waals surface area contributed by atoms with Gasteiger partial charge in [-0.05, 0) is 18.8 Å². The highest BCUT2D eigenvalue weighted by Gasteiger charge is 2.17. The van der Waals surface area contributed by atoms with Gasteiger partial charge >= 0.3 is 0 Å². The van der Waals surface area contributed by atoms with Crippen molar-refractivity contribution in [2.45, 2.75) is 19.8 Å². The van der Waals surface area contributed by atoms with Crippen LogP contribution in [0.4, 0.5) is 5.13 Å². The standard InChI is InChI=1S/C12H18N2O2S/c1-9(15)11-7-13-12(17-11)14(2)8-10-3-5-16-6-4-10/h7,10H,3-6,8H2,1-2H3. The molecule has 0 bridgehead atoms. The number of hydrogen-bond acceptors (Lipinski definition) is 5. The zero-order chi connectivity index (χ0) is 12.3. The fourth-order valence-electron chi connectivity index (χ4n) is 2.00. The molecule has 1 fully saturated rings. The fourth-order valence-corrected chi connectivity index (χ4v) is 2.78. The van der Waals surface area contributed by atoms with E-state index in [4.69, 9.17) is 4.74 Å². The van der Waals surface area contributed by atoms with E-state index in [0.29, 0.717) is 5.92 Å². The van der Waals surface area contributed by atoms with Gasteiger partial charge in [0.15, 0.2) is 10.9 Å². The molecule has 17 heavy (non-hydrogen) atoms. The molecule has 1 aliphatic rings. The summed E-state index contributed by atoms with van der Waals surface area (Å²) in [5.74, 6) is 0.770. The fraction of sp³-hybridized carbons (Fsp3) is 0.667. The van der Waals surface area contributed by atoms with Gasteiger partial charge in [-0.3, -0.25) is 4.79 Å². The summed E-state index contributed by atoms with van der Waals surface area (Å²) >= 11 is 1.47. The normalized spacial score (nSPS) is 17.1. The van der Waals surface area contributed by atoms with Crippen molar-refractivity contribution in [2.24, 2.45) is 5.92 Å². The number of ketones is 1. The van der Waals surface area contributed by atoms with E-state index in [0.717, 1.165) is 42.6 Å². The Hall–Kier alpha value is -0.940. The molecule has 1 aromatic rings. The van der Waals surface area contributed by atoms with Crippen molar-refractivity contribution in [1.82, 2.24) is 4.98 Å². The molecule has 1 saturated heterocycles. The Labute approximate surface area is 106 Å². The first-order valence-electron chi connectivity index (χ1n) is 5.92. The van der Waals surface area contributed by atoms with Crippen LogP contribution in [0.2, 0.25) is 0 Å². The van der Waals surface area contributed by atoms with Crippen molar-refractivity contribution in [1.29, 1.82) is 0 Å². The van der Waals surface area contributed by atoms with Gasteiger partial charge < -0.3 is 9.64 Å². The van der Waals surface area contributed by atoms with Gasteiger partial charge in [0.25, 0.3) is 0 Å². The molecule has 0 spiro atoms. The van der Waals surface area contributed by atoms with Gasteiger partial charge in [-0.25, -0.2) is 4.98 Å². The third-order valence-electron chi connectivity index (χ3n) is 3.04. The maximum atomic E-state index is 11.2. The maximum Gasteiger partial charge on any atom is 0.185 e. The Bertz CT molecular complexity index is 386. The monoisotopic (exact) mass is 254 g/mol. The maximum absolute atomic E-state index is 11.2. The van der Waals surface area contributed by atoms with Crippen molar-refractivity contribution in [3.05, 3.63) is 11.1 Å². The van der Waals surface area contributed by atoms with Gasteiger partial charge in [-0.2, -0.15) is 0 Å². The molecule has 0 aromatic carbocycles. The average Bonchev–Trinajstić information content (AvgIpc) is 2.79. The van der Waals surface area contributed by atoms with Gasteiger partial charge in [0.2, 0.25) is 0 Å². The van der Waals surface area contributed by atoms with Crippen LogP contribution in [0.3, 0.4) is 0 Å². The van der Waals surface area contributed by atoms with E-state index in [1.54, 1.807) is 13.1 Å². The molecule has 0 saturated carbocycles. The first-order chi connectivity index (χ1) is 8.16. The van der Waals surface area contributed by atoms with E-state index >= 15 is 0 Å². The van der Waals surface area contributed by atoms with Crippen molar-refractivity contribution in [3.63, 3.8) is 0 Å². The van der Waals surface area contributed by atoms with E-state index in [9.17, 15) is 4.79 Å². The van der Waals surface area contributed by atoms with Crippen molar-refractivity contribution in [2.75, 3.05) is 31.7 Å². The summed E-state index contributed by atoms with van der Waals surface area (Å²) in [4.78, 5) is 18.4. The van der Waals surface area contributed by atoms with Crippen molar-refractivity contribution >= 4 is 22.3 Å². The highest BCUT2D eigenvalue weighted by atomic mass is 32.1. The SMILES string of the molecule is CC(=O)c1cnc(N(C)CC2CCOCC2)s1. The zero-order valence-electron chi connectivity index (χ0n) is 10.3. The van der Waals surface area contributed by atoms with Crippen LogP contribution in [0.5, 0.6) is 0 Å². The minimum atomic E-state index is 0.0909. The number of aromatic nitrogens is 1. The summed E-state index contributed by atoms with van der Waals surface area (Å²) in [7, 11) is 2.04. The highest BCUT2D eigenvalue weighted by molar-refractivity contribution is 7.17. The number of carbonyl (C=O) groups excluding carboxylic acids is 1. The predicted octanol–water partition coefficient (Wildman–Crippen LogP) is 2.21. The van der Waals surface area contributed by atoms with E-state index < -0.39 is 0 Å². The second-order valence-corrected chi connectivity index (χ2v) is 5.51. The number of anilines is 1. The second kappa shape index (κ2) is 5.60. The predicted molar refractivity (Wildman–Crippen MR) is 68.9 cm³/mol. The summed E-state index contributed by atoms with van der Waals surface area (Å²) in [6.45, 7) is 4.31. The minimum Gasteiger partial charge on any atom is -0.381 e. The van der Waals surface area contributed by atoms with Crippen LogP contribution in [0, 0.1) is 5.92 Å². The van der Waals surface area contributed by atoms with Gasteiger partial charge in [0.05, 0.1) is 11.1 Å². The molecule has 0 radical (unpaired) electrons. The number of ether oxygens (including phenoxy) is 1. The lowest BCUT2D eigenvalue weighted by atomic mass is 10.0. The van der Waals surface area contributed by atoms with Crippen LogP contribution >= 0.6 is 11.3 Å². The molecule has 0 atom stereocenters. The summed E-state index contributed by atoms with van der Waals surface area (Å²) in [6, 6.07) is 0. The Balaban J connectivity index is 1.93. The summed E-state index contributed by atoms with van der Waals surface area (Å²) in [6.07, 6.45) is 3.91. The lowest BCUT2D eigenvalue weighted by Crippen LogP contribution is -2.29. The molecule has 2 rings (SSSR count). The third-order valence-corrected chi connectivity index (χ3v) is 4.25.